The van der Waals surface area contributed by atoms with E-state index in [9.17, 15) is 4.79 Å². The fourth-order valence-corrected chi connectivity index (χ4v) is 1.88. The summed E-state index contributed by atoms with van der Waals surface area (Å²) in [5.41, 5.74) is 1.90. The number of benzene rings is 1. The van der Waals surface area contributed by atoms with Crippen molar-refractivity contribution in [2.75, 3.05) is 0 Å². The Balaban J connectivity index is 2.26. The first-order chi connectivity index (χ1) is 9.60. The summed E-state index contributed by atoms with van der Waals surface area (Å²) in [6.45, 7) is 3.94. The Kier molecular flexibility index (Phi) is 4.21. The lowest BCUT2D eigenvalue weighted by Crippen LogP contribution is -2.12. The van der Waals surface area contributed by atoms with Crippen LogP contribution >= 0.6 is 0 Å². The van der Waals surface area contributed by atoms with E-state index in [-0.39, 0.29) is 18.1 Å². The number of rotatable bonds is 4. The summed E-state index contributed by atoms with van der Waals surface area (Å²) in [5.74, 6) is 0.798. The van der Waals surface area contributed by atoms with E-state index in [1.165, 1.54) is 0 Å². The van der Waals surface area contributed by atoms with Crippen molar-refractivity contribution in [1.29, 1.82) is 5.26 Å². The molecule has 0 spiro atoms. The number of hydrogen-bond donors (Lipinski definition) is 1. The normalized spacial score (nSPS) is 10.3. The molecule has 102 valence electrons. The molecule has 2 rings (SSSR count). The van der Waals surface area contributed by atoms with E-state index in [2.05, 4.69) is 4.98 Å². The Morgan fingerprint density at radius 2 is 1.90 bits per heavy atom. The fraction of sp³-hybridized carbons (Fsp3) is 0.250. The third kappa shape index (κ3) is 3.27. The van der Waals surface area contributed by atoms with Gasteiger partial charge in [-0.05, 0) is 49.7 Å². The topological polar surface area (TPSA) is 65.9 Å². The van der Waals surface area contributed by atoms with Crippen molar-refractivity contribution in [3.05, 3.63) is 52.3 Å². The monoisotopic (exact) mass is 268 g/mol. The molecule has 1 heterocycles. The summed E-state index contributed by atoms with van der Waals surface area (Å²) >= 11 is 0. The molecule has 1 aromatic heterocycles. The Bertz CT molecular complexity index is 679. The van der Waals surface area contributed by atoms with E-state index in [0.29, 0.717) is 5.56 Å². The largest absolute Gasteiger partial charge is 0.491 e. The molecule has 0 aliphatic carbocycles. The standard InChI is InChI=1S/C16H16N2O2/c1-11(2)20-14-6-3-12(4-7-14)15-8-5-13(9-10-17)16(19)18-15/h3-8,11H,9H2,1-2H3,(H,18,19). The van der Waals surface area contributed by atoms with Gasteiger partial charge in [-0.15, -0.1) is 0 Å². The zero-order valence-electron chi connectivity index (χ0n) is 11.5. The lowest BCUT2D eigenvalue weighted by molar-refractivity contribution is 0.242. The molecule has 0 unspecified atom stereocenters. The predicted molar refractivity (Wildman–Crippen MR) is 77.6 cm³/mol. The average molecular weight is 268 g/mol. The number of H-pyrrole nitrogens is 1. The van der Waals surface area contributed by atoms with Gasteiger partial charge in [-0.2, -0.15) is 5.26 Å². The van der Waals surface area contributed by atoms with E-state index in [0.717, 1.165) is 17.0 Å². The molecule has 4 heteroatoms. The minimum Gasteiger partial charge on any atom is -0.491 e. The summed E-state index contributed by atoms with van der Waals surface area (Å²) in [6.07, 6.45) is 0.252. The zero-order chi connectivity index (χ0) is 14.5. The van der Waals surface area contributed by atoms with Gasteiger partial charge in [-0.3, -0.25) is 4.79 Å². The van der Waals surface area contributed by atoms with Gasteiger partial charge in [0.1, 0.15) is 5.75 Å². The number of nitriles is 1. The molecule has 0 saturated carbocycles. The number of aromatic amines is 1. The molecule has 0 radical (unpaired) electrons. The van der Waals surface area contributed by atoms with Crippen LogP contribution in [-0.2, 0) is 6.42 Å². The molecular weight excluding hydrogens is 252 g/mol. The van der Waals surface area contributed by atoms with Gasteiger partial charge in [0.25, 0.3) is 5.56 Å². The van der Waals surface area contributed by atoms with Gasteiger partial charge in [-0.1, -0.05) is 6.07 Å². The van der Waals surface area contributed by atoms with Gasteiger partial charge < -0.3 is 9.72 Å². The summed E-state index contributed by atoms with van der Waals surface area (Å²) in [6, 6.07) is 13.0. The average Bonchev–Trinajstić information content (AvgIpc) is 2.41. The molecule has 2 aromatic rings. The minimum atomic E-state index is -0.216. The molecule has 0 aliphatic rings. The van der Waals surface area contributed by atoms with Gasteiger partial charge >= 0.3 is 0 Å². The van der Waals surface area contributed by atoms with Crippen LogP contribution in [0.1, 0.15) is 19.4 Å². The van der Waals surface area contributed by atoms with Crippen LogP contribution in [0.2, 0.25) is 0 Å². The third-order valence-corrected chi connectivity index (χ3v) is 2.80. The van der Waals surface area contributed by atoms with Crippen molar-refractivity contribution in [2.24, 2.45) is 0 Å². The lowest BCUT2D eigenvalue weighted by Gasteiger charge is -2.10. The smallest absolute Gasteiger partial charge is 0.252 e. The van der Waals surface area contributed by atoms with Gasteiger partial charge in [0.15, 0.2) is 0 Å². The molecule has 0 atom stereocenters. The van der Waals surface area contributed by atoms with Crippen LogP contribution in [0.25, 0.3) is 11.3 Å². The predicted octanol–water partition coefficient (Wildman–Crippen LogP) is 2.90. The maximum Gasteiger partial charge on any atom is 0.252 e. The first-order valence-electron chi connectivity index (χ1n) is 6.46. The van der Waals surface area contributed by atoms with E-state index in [1.807, 2.05) is 50.2 Å². The van der Waals surface area contributed by atoms with Crippen molar-refractivity contribution < 1.29 is 4.74 Å². The first-order valence-corrected chi connectivity index (χ1v) is 6.46. The molecule has 0 aliphatic heterocycles. The molecule has 4 nitrogen and oxygen atoms in total. The Labute approximate surface area is 117 Å². The fourth-order valence-electron chi connectivity index (χ4n) is 1.88. The van der Waals surface area contributed by atoms with E-state index < -0.39 is 0 Å². The quantitative estimate of drug-likeness (QED) is 0.927. The molecular formula is C16H16N2O2. The number of ether oxygens (including phenoxy) is 1. The summed E-state index contributed by atoms with van der Waals surface area (Å²) in [7, 11) is 0. The third-order valence-electron chi connectivity index (χ3n) is 2.80. The molecule has 0 bridgehead atoms. The summed E-state index contributed by atoms with van der Waals surface area (Å²) in [5, 5.41) is 8.62. The second-order valence-corrected chi connectivity index (χ2v) is 4.75. The number of aromatic nitrogens is 1. The summed E-state index contributed by atoms with van der Waals surface area (Å²) in [4.78, 5) is 14.6. The van der Waals surface area contributed by atoms with Crippen molar-refractivity contribution in [1.82, 2.24) is 4.98 Å². The van der Waals surface area contributed by atoms with Crippen molar-refractivity contribution >= 4 is 0 Å². The van der Waals surface area contributed by atoms with E-state index in [4.69, 9.17) is 10.00 Å². The van der Waals surface area contributed by atoms with Crippen LogP contribution in [-0.4, -0.2) is 11.1 Å². The van der Waals surface area contributed by atoms with Crippen molar-refractivity contribution in [3.8, 4) is 23.1 Å². The van der Waals surface area contributed by atoms with Crippen LogP contribution in [0.5, 0.6) is 5.75 Å². The second-order valence-electron chi connectivity index (χ2n) is 4.75. The maximum atomic E-state index is 11.8. The highest BCUT2D eigenvalue weighted by molar-refractivity contribution is 5.60. The van der Waals surface area contributed by atoms with Crippen LogP contribution in [0.15, 0.2) is 41.2 Å². The van der Waals surface area contributed by atoms with Crippen LogP contribution in [0, 0.1) is 11.3 Å². The second kappa shape index (κ2) is 6.07. The minimum absolute atomic E-state index is 0.122. The van der Waals surface area contributed by atoms with Gasteiger partial charge in [0, 0.05) is 11.3 Å². The molecule has 0 fully saturated rings. The van der Waals surface area contributed by atoms with Crippen molar-refractivity contribution in [2.45, 2.75) is 26.4 Å². The Morgan fingerprint density at radius 1 is 1.20 bits per heavy atom. The first kappa shape index (κ1) is 13.9. The SMILES string of the molecule is CC(C)Oc1ccc(-c2ccc(CC#N)c(=O)[nH]2)cc1. The summed E-state index contributed by atoms with van der Waals surface area (Å²) < 4.78 is 5.57. The van der Waals surface area contributed by atoms with Crippen LogP contribution in [0.4, 0.5) is 0 Å². The van der Waals surface area contributed by atoms with E-state index in [1.54, 1.807) is 6.07 Å². The number of hydrogen-bond acceptors (Lipinski definition) is 3. The molecule has 1 N–H and O–H groups in total. The van der Waals surface area contributed by atoms with Gasteiger partial charge in [0.2, 0.25) is 0 Å². The van der Waals surface area contributed by atoms with Crippen LogP contribution in [0.3, 0.4) is 0 Å². The molecule has 20 heavy (non-hydrogen) atoms. The molecule has 0 amide bonds. The van der Waals surface area contributed by atoms with Gasteiger partial charge in [-0.25, -0.2) is 0 Å². The Hall–Kier alpha value is -2.54. The maximum absolute atomic E-state index is 11.8. The molecule has 0 saturated heterocycles. The highest BCUT2D eigenvalue weighted by atomic mass is 16.5. The molecule has 1 aromatic carbocycles. The van der Waals surface area contributed by atoms with Crippen molar-refractivity contribution in [3.63, 3.8) is 0 Å². The highest BCUT2D eigenvalue weighted by Gasteiger charge is 2.04. The number of nitrogens with zero attached hydrogens (tertiary/aromatic N) is 1. The Morgan fingerprint density at radius 3 is 2.45 bits per heavy atom. The van der Waals surface area contributed by atoms with Crippen LogP contribution < -0.4 is 10.3 Å². The number of pyridine rings is 1. The van der Waals surface area contributed by atoms with Gasteiger partial charge in [0.05, 0.1) is 18.6 Å². The zero-order valence-corrected chi connectivity index (χ0v) is 11.5. The lowest BCUT2D eigenvalue weighted by atomic mass is 10.1. The highest BCUT2D eigenvalue weighted by Crippen LogP contribution is 2.20. The van der Waals surface area contributed by atoms with E-state index >= 15 is 0 Å². The number of nitrogens with one attached hydrogen (secondary N) is 1.